The van der Waals surface area contributed by atoms with E-state index in [1.165, 1.54) is 0 Å². The van der Waals surface area contributed by atoms with Crippen LogP contribution in [0.5, 0.6) is 11.5 Å². The number of amides is 1. The zero-order valence-electron chi connectivity index (χ0n) is 15.6. The minimum absolute atomic E-state index is 0.257. The van der Waals surface area contributed by atoms with Gasteiger partial charge in [0.05, 0.1) is 6.61 Å². The Bertz CT molecular complexity index is 1050. The molecule has 0 atom stereocenters. The maximum Gasteiger partial charge on any atom is 0.291 e. The maximum atomic E-state index is 12.9. The summed E-state index contributed by atoms with van der Waals surface area (Å²) in [4.78, 5) is 12.9. The second-order valence-electron chi connectivity index (χ2n) is 7.28. The molecule has 2 aromatic carbocycles. The number of hydrogen-bond acceptors (Lipinski definition) is 5. The molecule has 2 heterocycles. The van der Waals surface area contributed by atoms with Crippen LogP contribution in [0.3, 0.4) is 0 Å². The van der Waals surface area contributed by atoms with E-state index in [-0.39, 0.29) is 11.7 Å². The molecule has 5 rings (SSSR count). The van der Waals surface area contributed by atoms with Gasteiger partial charge in [0.25, 0.3) is 11.7 Å². The number of rotatable bonds is 4. The van der Waals surface area contributed by atoms with Crippen LogP contribution in [0.1, 0.15) is 41.8 Å². The molecule has 28 heavy (non-hydrogen) atoms. The normalized spacial score (nSPS) is 16.8. The molecule has 1 saturated carbocycles. The third-order valence-corrected chi connectivity index (χ3v) is 5.35. The van der Waals surface area contributed by atoms with E-state index in [2.05, 4.69) is 5.32 Å². The topological polar surface area (TPSA) is 69.9 Å². The van der Waals surface area contributed by atoms with Crippen molar-refractivity contribution in [2.45, 2.75) is 38.1 Å². The van der Waals surface area contributed by atoms with Gasteiger partial charge in [-0.05, 0) is 31.0 Å². The molecule has 1 aliphatic heterocycles. The average Bonchev–Trinajstić information content (AvgIpc) is 3.39. The van der Waals surface area contributed by atoms with Crippen molar-refractivity contribution in [3.05, 3.63) is 53.8 Å². The minimum Gasteiger partial charge on any atom is -0.451 e. The first-order chi connectivity index (χ1) is 13.7. The number of nitrogens with one attached hydrogen (secondary N) is 1. The number of carbonyl (C=O) groups is 1. The molecule has 3 aromatic rings. The fourth-order valence-corrected chi connectivity index (χ4v) is 4.05. The van der Waals surface area contributed by atoms with Crippen molar-refractivity contribution >= 4 is 22.6 Å². The van der Waals surface area contributed by atoms with Crippen LogP contribution >= 0.6 is 0 Å². The van der Waals surface area contributed by atoms with Crippen molar-refractivity contribution in [3.8, 4) is 11.5 Å². The highest BCUT2D eigenvalue weighted by atomic mass is 16.7. The van der Waals surface area contributed by atoms with Crippen molar-refractivity contribution in [2.24, 2.45) is 0 Å². The number of methoxy groups -OCH3 is 1. The van der Waals surface area contributed by atoms with Gasteiger partial charge >= 0.3 is 0 Å². The van der Waals surface area contributed by atoms with Crippen LogP contribution in [0.4, 0.5) is 5.69 Å². The number of fused-ring (bicyclic) bond motifs is 2. The lowest BCUT2D eigenvalue weighted by Gasteiger charge is -2.21. The van der Waals surface area contributed by atoms with Crippen LogP contribution in [-0.4, -0.2) is 18.8 Å². The fraction of sp³-hybridized carbons (Fsp3) is 0.318. The molecule has 1 spiro atoms. The molecule has 0 bridgehead atoms. The van der Waals surface area contributed by atoms with Gasteiger partial charge in [-0.3, -0.25) is 4.79 Å². The predicted octanol–water partition coefficient (Wildman–Crippen LogP) is 4.87. The van der Waals surface area contributed by atoms with Gasteiger partial charge in [0, 0.05) is 42.7 Å². The molecule has 1 fully saturated rings. The van der Waals surface area contributed by atoms with Gasteiger partial charge in [-0.25, -0.2) is 0 Å². The largest absolute Gasteiger partial charge is 0.451 e. The molecule has 6 nitrogen and oxygen atoms in total. The second-order valence-corrected chi connectivity index (χ2v) is 7.28. The lowest BCUT2D eigenvalue weighted by Crippen LogP contribution is -2.34. The van der Waals surface area contributed by atoms with E-state index in [0.29, 0.717) is 23.6 Å². The molecule has 0 saturated heterocycles. The molecule has 2 aliphatic rings. The van der Waals surface area contributed by atoms with Crippen LogP contribution in [0.25, 0.3) is 11.0 Å². The SMILES string of the molecule is COCc1c(C(=O)Nc2ccc3c(c2)OC2(CCCC2)O3)oc2ccccc12. The Balaban J connectivity index is 1.41. The van der Waals surface area contributed by atoms with E-state index < -0.39 is 5.79 Å². The zero-order valence-corrected chi connectivity index (χ0v) is 15.6. The van der Waals surface area contributed by atoms with E-state index in [9.17, 15) is 4.79 Å². The Morgan fingerprint density at radius 1 is 1.11 bits per heavy atom. The highest BCUT2D eigenvalue weighted by molar-refractivity contribution is 6.06. The average molecular weight is 379 g/mol. The van der Waals surface area contributed by atoms with Crippen LogP contribution in [-0.2, 0) is 11.3 Å². The molecular formula is C22H21NO5. The zero-order chi connectivity index (χ0) is 19.1. The van der Waals surface area contributed by atoms with Crippen LogP contribution < -0.4 is 14.8 Å². The Morgan fingerprint density at radius 3 is 2.71 bits per heavy atom. The molecule has 1 aliphatic carbocycles. The standard InChI is InChI=1S/C22H21NO5/c1-25-13-16-15-6-2-3-7-17(15)26-20(16)21(24)23-14-8-9-18-19(12-14)28-22(27-18)10-4-5-11-22/h2-3,6-9,12H,4-5,10-11,13H2,1H3,(H,23,24). The molecule has 0 unspecified atom stereocenters. The van der Waals surface area contributed by atoms with Gasteiger partial charge in [-0.2, -0.15) is 0 Å². The number of ether oxygens (including phenoxy) is 3. The quantitative estimate of drug-likeness (QED) is 0.700. The summed E-state index contributed by atoms with van der Waals surface area (Å²) in [6.07, 6.45) is 3.99. The van der Waals surface area contributed by atoms with E-state index in [1.807, 2.05) is 36.4 Å². The third kappa shape index (κ3) is 2.81. The van der Waals surface area contributed by atoms with Gasteiger partial charge in [0.2, 0.25) is 0 Å². The number of para-hydroxylation sites is 1. The van der Waals surface area contributed by atoms with Gasteiger partial charge in [0.1, 0.15) is 5.58 Å². The van der Waals surface area contributed by atoms with E-state index in [1.54, 1.807) is 13.2 Å². The van der Waals surface area contributed by atoms with Crippen molar-refractivity contribution < 1.29 is 23.4 Å². The monoisotopic (exact) mass is 379 g/mol. The van der Waals surface area contributed by atoms with Crippen LogP contribution in [0.2, 0.25) is 0 Å². The summed E-state index contributed by atoms with van der Waals surface area (Å²) in [5.74, 6) is 0.811. The Labute approximate surface area is 162 Å². The summed E-state index contributed by atoms with van der Waals surface area (Å²) in [5, 5.41) is 3.78. The molecule has 6 heteroatoms. The van der Waals surface area contributed by atoms with Crippen molar-refractivity contribution in [2.75, 3.05) is 12.4 Å². The molecule has 1 aromatic heterocycles. The van der Waals surface area contributed by atoms with Gasteiger partial charge in [0.15, 0.2) is 17.3 Å². The van der Waals surface area contributed by atoms with E-state index in [4.69, 9.17) is 18.6 Å². The van der Waals surface area contributed by atoms with Gasteiger partial charge < -0.3 is 23.9 Å². The number of carbonyl (C=O) groups excluding carboxylic acids is 1. The van der Waals surface area contributed by atoms with Crippen molar-refractivity contribution in [1.29, 1.82) is 0 Å². The Morgan fingerprint density at radius 2 is 1.89 bits per heavy atom. The first-order valence-electron chi connectivity index (χ1n) is 9.50. The molecule has 144 valence electrons. The minimum atomic E-state index is -0.519. The Kier molecular flexibility index (Phi) is 4.02. The molecule has 1 N–H and O–H groups in total. The van der Waals surface area contributed by atoms with Gasteiger partial charge in [-0.15, -0.1) is 0 Å². The van der Waals surface area contributed by atoms with Crippen LogP contribution in [0, 0.1) is 0 Å². The first kappa shape index (κ1) is 17.1. The number of benzene rings is 2. The summed E-state index contributed by atoms with van der Waals surface area (Å²) in [6.45, 7) is 0.295. The highest BCUT2D eigenvalue weighted by Crippen LogP contribution is 2.47. The molecular weight excluding hydrogens is 358 g/mol. The number of hydrogen-bond donors (Lipinski definition) is 1. The first-order valence-corrected chi connectivity index (χ1v) is 9.50. The van der Waals surface area contributed by atoms with Crippen LogP contribution in [0.15, 0.2) is 46.9 Å². The summed E-state index contributed by atoms with van der Waals surface area (Å²) >= 11 is 0. The fourth-order valence-electron chi connectivity index (χ4n) is 4.05. The predicted molar refractivity (Wildman–Crippen MR) is 104 cm³/mol. The van der Waals surface area contributed by atoms with E-state index >= 15 is 0 Å². The van der Waals surface area contributed by atoms with Crippen molar-refractivity contribution in [3.63, 3.8) is 0 Å². The molecule has 0 radical (unpaired) electrons. The van der Waals surface area contributed by atoms with E-state index in [0.717, 1.165) is 42.4 Å². The Hall–Kier alpha value is -2.99. The summed E-state index contributed by atoms with van der Waals surface area (Å²) in [6, 6.07) is 13.0. The molecule has 1 amide bonds. The summed E-state index contributed by atoms with van der Waals surface area (Å²) in [7, 11) is 1.60. The second kappa shape index (κ2) is 6.56. The van der Waals surface area contributed by atoms with Crippen molar-refractivity contribution in [1.82, 2.24) is 0 Å². The summed E-state index contributed by atoms with van der Waals surface area (Å²) < 4.78 is 23.2. The summed E-state index contributed by atoms with van der Waals surface area (Å²) in [5.41, 5.74) is 2.03. The number of furan rings is 1. The number of anilines is 1. The maximum absolute atomic E-state index is 12.9. The third-order valence-electron chi connectivity index (χ3n) is 5.35. The smallest absolute Gasteiger partial charge is 0.291 e. The van der Waals surface area contributed by atoms with Gasteiger partial charge in [-0.1, -0.05) is 18.2 Å². The lowest BCUT2D eigenvalue weighted by atomic mass is 10.1. The highest BCUT2D eigenvalue weighted by Gasteiger charge is 2.44. The lowest BCUT2D eigenvalue weighted by molar-refractivity contribution is -0.0716.